The van der Waals surface area contributed by atoms with Crippen molar-refractivity contribution < 1.29 is 28.6 Å². The van der Waals surface area contributed by atoms with Crippen molar-refractivity contribution >= 4 is 35.3 Å². The quantitative estimate of drug-likeness (QED) is 0.560. The van der Waals surface area contributed by atoms with Crippen molar-refractivity contribution in [3.63, 3.8) is 0 Å². The van der Waals surface area contributed by atoms with Crippen LogP contribution in [0.15, 0.2) is 47.4 Å². The number of methoxy groups -OCH3 is 3. The van der Waals surface area contributed by atoms with Crippen LogP contribution in [-0.4, -0.2) is 44.4 Å². The Balaban J connectivity index is 2.16. The molecule has 0 bridgehead atoms. The SMILES string of the molecule is COC(=O)c1cc(NC(=O)C(C)Sc2ccc(OC)cc2)cc(C(=O)OC)c1. The number of ether oxygens (including phenoxy) is 3. The molecule has 148 valence electrons. The molecule has 0 heterocycles. The first-order valence-corrected chi connectivity index (χ1v) is 9.19. The topological polar surface area (TPSA) is 90.9 Å². The molecule has 2 aromatic rings. The van der Waals surface area contributed by atoms with Gasteiger partial charge in [-0.2, -0.15) is 0 Å². The zero-order valence-electron chi connectivity index (χ0n) is 16.0. The lowest BCUT2D eigenvalue weighted by Gasteiger charge is -2.14. The minimum atomic E-state index is -0.623. The summed E-state index contributed by atoms with van der Waals surface area (Å²) in [5.74, 6) is -0.793. The first-order valence-electron chi connectivity index (χ1n) is 8.31. The third-order valence-electron chi connectivity index (χ3n) is 3.78. The van der Waals surface area contributed by atoms with Crippen LogP contribution >= 0.6 is 11.8 Å². The second-order valence-electron chi connectivity index (χ2n) is 5.71. The predicted molar refractivity (Wildman–Crippen MR) is 106 cm³/mol. The van der Waals surface area contributed by atoms with Crippen LogP contribution in [0.5, 0.6) is 5.75 Å². The fourth-order valence-corrected chi connectivity index (χ4v) is 3.19. The number of hydrogen-bond acceptors (Lipinski definition) is 7. The van der Waals surface area contributed by atoms with Crippen molar-refractivity contribution in [3.05, 3.63) is 53.6 Å². The number of nitrogens with one attached hydrogen (secondary N) is 1. The largest absolute Gasteiger partial charge is 0.497 e. The number of esters is 2. The van der Waals surface area contributed by atoms with E-state index in [-0.39, 0.29) is 17.0 Å². The molecule has 0 aromatic heterocycles. The van der Waals surface area contributed by atoms with Crippen molar-refractivity contribution in [1.29, 1.82) is 0 Å². The summed E-state index contributed by atoms with van der Waals surface area (Å²) in [6.07, 6.45) is 0. The van der Waals surface area contributed by atoms with Crippen LogP contribution in [0.25, 0.3) is 0 Å². The third kappa shape index (κ3) is 5.50. The number of carbonyl (C=O) groups excluding carboxylic acids is 3. The fourth-order valence-electron chi connectivity index (χ4n) is 2.33. The summed E-state index contributed by atoms with van der Waals surface area (Å²) in [7, 11) is 4.06. The zero-order chi connectivity index (χ0) is 20.7. The van der Waals surface area contributed by atoms with Gasteiger partial charge in [0.1, 0.15) is 5.75 Å². The van der Waals surface area contributed by atoms with Gasteiger partial charge in [-0.3, -0.25) is 4.79 Å². The van der Waals surface area contributed by atoms with Crippen LogP contribution in [0.2, 0.25) is 0 Å². The van der Waals surface area contributed by atoms with E-state index in [9.17, 15) is 14.4 Å². The van der Waals surface area contributed by atoms with Crippen LogP contribution in [0, 0.1) is 0 Å². The maximum absolute atomic E-state index is 12.6. The van der Waals surface area contributed by atoms with Gasteiger partial charge in [-0.05, 0) is 49.4 Å². The van der Waals surface area contributed by atoms with Crippen LogP contribution in [0.1, 0.15) is 27.6 Å². The Morgan fingerprint density at radius 2 is 1.43 bits per heavy atom. The molecule has 0 radical (unpaired) electrons. The van der Waals surface area contributed by atoms with E-state index in [1.807, 2.05) is 24.3 Å². The number of amides is 1. The Bertz CT molecular complexity index is 831. The molecule has 0 spiro atoms. The lowest BCUT2D eigenvalue weighted by molar-refractivity contribution is -0.115. The number of benzene rings is 2. The second kappa shape index (κ2) is 9.80. The molecular weight excluding hydrogens is 382 g/mol. The highest BCUT2D eigenvalue weighted by atomic mass is 32.2. The molecule has 1 unspecified atom stereocenters. The summed E-state index contributed by atoms with van der Waals surface area (Å²) >= 11 is 1.37. The van der Waals surface area contributed by atoms with E-state index in [4.69, 9.17) is 14.2 Å². The molecule has 1 N–H and O–H groups in total. The Morgan fingerprint density at radius 3 is 1.89 bits per heavy atom. The average molecular weight is 403 g/mol. The fraction of sp³-hybridized carbons (Fsp3) is 0.250. The number of anilines is 1. The Kier molecular flexibility index (Phi) is 7.45. The lowest BCUT2D eigenvalue weighted by atomic mass is 10.1. The molecule has 2 rings (SSSR count). The first kappa shape index (κ1) is 21.3. The molecule has 8 heteroatoms. The number of hydrogen-bond donors (Lipinski definition) is 1. The van der Waals surface area contributed by atoms with Gasteiger partial charge in [0.2, 0.25) is 5.91 Å². The summed E-state index contributed by atoms with van der Waals surface area (Å²) in [6.45, 7) is 1.76. The highest BCUT2D eigenvalue weighted by Gasteiger charge is 2.18. The minimum absolute atomic E-state index is 0.135. The molecule has 0 aliphatic heterocycles. The van der Waals surface area contributed by atoms with Gasteiger partial charge in [0, 0.05) is 10.6 Å². The summed E-state index contributed by atoms with van der Waals surface area (Å²) in [6, 6.07) is 11.6. The highest BCUT2D eigenvalue weighted by Crippen LogP contribution is 2.26. The summed E-state index contributed by atoms with van der Waals surface area (Å²) < 4.78 is 14.5. The normalized spacial score (nSPS) is 11.3. The van der Waals surface area contributed by atoms with Gasteiger partial charge in [0.05, 0.1) is 37.7 Å². The van der Waals surface area contributed by atoms with E-state index in [2.05, 4.69) is 5.32 Å². The molecule has 28 heavy (non-hydrogen) atoms. The molecular formula is C20H21NO6S. The number of carbonyl (C=O) groups is 3. The van der Waals surface area contributed by atoms with Crippen molar-refractivity contribution in [2.24, 2.45) is 0 Å². The standard InChI is InChI=1S/C20H21NO6S/c1-12(28-17-7-5-16(25-2)6-8-17)18(22)21-15-10-13(19(23)26-3)9-14(11-15)20(24)27-4/h5-12H,1-4H3,(H,21,22). The molecule has 2 aromatic carbocycles. The van der Waals surface area contributed by atoms with E-state index in [0.29, 0.717) is 5.69 Å². The van der Waals surface area contributed by atoms with Gasteiger partial charge in [-0.1, -0.05) is 0 Å². The van der Waals surface area contributed by atoms with Crippen molar-refractivity contribution in [2.75, 3.05) is 26.6 Å². The van der Waals surface area contributed by atoms with Gasteiger partial charge < -0.3 is 19.5 Å². The summed E-state index contributed by atoms with van der Waals surface area (Å²) in [5, 5.41) is 2.30. The van der Waals surface area contributed by atoms with E-state index >= 15 is 0 Å². The molecule has 0 saturated heterocycles. The monoisotopic (exact) mass is 403 g/mol. The van der Waals surface area contributed by atoms with Crippen molar-refractivity contribution in [1.82, 2.24) is 0 Å². The van der Waals surface area contributed by atoms with Crippen LogP contribution in [0.4, 0.5) is 5.69 Å². The smallest absolute Gasteiger partial charge is 0.337 e. The molecule has 0 aliphatic rings. The molecule has 0 fully saturated rings. The third-order valence-corrected chi connectivity index (χ3v) is 4.90. The molecule has 0 saturated carbocycles. The molecule has 7 nitrogen and oxygen atoms in total. The Labute approximate surface area is 167 Å². The zero-order valence-corrected chi connectivity index (χ0v) is 16.8. The van der Waals surface area contributed by atoms with Gasteiger partial charge in [-0.15, -0.1) is 11.8 Å². The van der Waals surface area contributed by atoms with Crippen LogP contribution < -0.4 is 10.1 Å². The summed E-state index contributed by atoms with van der Waals surface area (Å²) in [5.41, 5.74) is 0.572. The van der Waals surface area contributed by atoms with Crippen LogP contribution in [-0.2, 0) is 14.3 Å². The van der Waals surface area contributed by atoms with Gasteiger partial charge in [-0.25, -0.2) is 9.59 Å². The lowest BCUT2D eigenvalue weighted by Crippen LogP contribution is -2.23. The maximum Gasteiger partial charge on any atom is 0.337 e. The Morgan fingerprint density at radius 1 is 0.893 bits per heavy atom. The van der Waals surface area contributed by atoms with E-state index in [1.165, 1.54) is 44.2 Å². The second-order valence-corrected chi connectivity index (χ2v) is 7.12. The average Bonchev–Trinajstić information content (AvgIpc) is 2.72. The van der Waals surface area contributed by atoms with E-state index in [1.54, 1.807) is 14.0 Å². The molecule has 0 aliphatic carbocycles. The minimum Gasteiger partial charge on any atom is -0.497 e. The van der Waals surface area contributed by atoms with E-state index in [0.717, 1.165) is 10.6 Å². The summed E-state index contributed by atoms with van der Waals surface area (Å²) in [4.78, 5) is 37.1. The van der Waals surface area contributed by atoms with Crippen molar-refractivity contribution in [3.8, 4) is 5.75 Å². The van der Waals surface area contributed by atoms with Gasteiger partial charge in [0.15, 0.2) is 0 Å². The van der Waals surface area contributed by atoms with Crippen LogP contribution in [0.3, 0.4) is 0 Å². The number of rotatable bonds is 7. The molecule has 1 atom stereocenters. The van der Waals surface area contributed by atoms with E-state index < -0.39 is 17.2 Å². The Hall–Kier alpha value is -3.00. The molecule has 1 amide bonds. The van der Waals surface area contributed by atoms with Gasteiger partial charge >= 0.3 is 11.9 Å². The maximum atomic E-state index is 12.6. The number of thioether (sulfide) groups is 1. The van der Waals surface area contributed by atoms with Gasteiger partial charge in [0.25, 0.3) is 0 Å². The highest BCUT2D eigenvalue weighted by molar-refractivity contribution is 8.00. The predicted octanol–water partition coefficient (Wildman–Crippen LogP) is 3.39. The first-order chi connectivity index (χ1) is 13.4. The van der Waals surface area contributed by atoms with Crippen molar-refractivity contribution in [2.45, 2.75) is 17.1 Å².